The molecule has 0 aliphatic heterocycles. The summed E-state index contributed by atoms with van der Waals surface area (Å²) in [6.07, 6.45) is -1.47. The van der Waals surface area contributed by atoms with Crippen molar-refractivity contribution in [1.29, 1.82) is 0 Å². The van der Waals surface area contributed by atoms with Crippen LogP contribution in [0.1, 0.15) is 5.56 Å². The van der Waals surface area contributed by atoms with Crippen LogP contribution in [0.2, 0.25) is 0 Å². The number of rotatable bonds is 7. The van der Waals surface area contributed by atoms with E-state index in [9.17, 15) is 18.4 Å². The number of aliphatic hydroxyl groups is 1. The van der Waals surface area contributed by atoms with Crippen LogP contribution < -0.4 is 15.8 Å². The fourth-order valence-corrected chi connectivity index (χ4v) is 1.35. The fraction of sp³-hybridized carbons (Fsp3) is 0.333. The van der Waals surface area contributed by atoms with Gasteiger partial charge in [0.05, 0.1) is 13.0 Å². The lowest BCUT2D eigenvalue weighted by atomic mass is 10.1. The molecule has 8 heteroatoms. The van der Waals surface area contributed by atoms with Gasteiger partial charge in [-0.1, -0.05) is 12.1 Å². The molecule has 0 saturated heterocycles. The van der Waals surface area contributed by atoms with Crippen LogP contribution in [-0.2, 0) is 16.0 Å². The quantitative estimate of drug-likeness (QED) is 0.646. The van der Waals surface area contributed by atoms with Crippen molar-refractivity contribution in [3.63, 3.8) is 0 Å². The number of carbonyl (C=O) groups excluding carboxylic acids is 2. The Morgan fingerprint density at radius 2 is 1.90 bits per heavy atom. The number of hydrogen-bond donors (Lipinski definition) is 3. The number of alkyl halides is 2. The number of aliphatic hydroxyl groups excluding tert-OH is 1. The van der Waals surface area contributed by atoms with Gasteiger partial charge in [-0.25, -0.2) is 0 Å². The van der Waals surface area contributed by atoms with Gasteiger partial charge >= 0.3 is 6.61 Å². The number of carbonyl (C=O) groups is 2. The minimum Gasteiger partial charge on any atom is -0.435 e. The van der Waals surface area contributed by atoms with Crippen molar-refractivity contribution in [3.05, 3.63) is 29.8 Å². The third-order valence-corrected chi connectivity index (χ3v) is 2.33. The summed E-state index contributed by atoms with van der Waals surface area (Å²) in [5.74, 6) is -1.38. The van der Waals surface area contributed by atoms with Gasteiger partial charge in [-0.05, 0) is 17.7 Å². The highest BCUT2D eigenvalue weighted by Gasteiger charge is 2.12. The van der Waals surface area contributed by atoms with Gasteiger partial charge in [0, 0.05) is 0 Å². The molecule has 0 heterocycles. The molecule has 110 valence electrons. The molecule has 0 aromatic heterocycles. The second-order valence-electron chi connectivity index (χ2n) is 3.92. The SMILES string of the molecule is NC(=O)C(O)CNC(=O)Cc1ccc(OC(F)F)cc1. The largest absolute Gasteiger partial charge is 0.435 e. The van der Waals surface area contributed by atoms with E-state index in [1.54, 1.807) is 0 Å². The first-order chi connectivity index (χ1) is 9.38. The Morgan fingerprint density at radius 3 is 2.40 bits per heavy atom. The number of nitrogens with one attached hydrogen (secondary N) is 1. The number of hydrogen-bond acceptors (Lipinski definition) is 4. The van der Waals surface area contributed by atoms with Crippen molar-refractivity contribution in [3.8, 4) is 5.75 Å². The van der Waals surface area contributed by atoms with Crippen molar-refractivity contribution < 1.29 is 28.2 Å². The Balaban J connectivity index is 2.44. The van der Waals surface area contributed by atoms with E-state index in [0.717, 1.165) is 0 Å². The first kappa shape index (κ1) is 15.8. The average molecular weight is 288 g/mol. The second-order valence-corrected chi connectivity index (χ2v) is 3.92. The molecule has 1 aromatic rings. The van der Waals surface area contributed by atoms with Crippen LogP contribution in [0.4, 0.5) is 8.78 Å². The van der Waals surface area contributed by atoms with Crippen LogP contribution in [0.25, 0.3) is 0 Å². The van der Waals surface area contributed by atoms with Gasteiger partial charge in [-0.2, -0.15) is 8.78 Å². The molecule has 4 N–H and O–H groups in total. The molecular formula is C12H14F2N2O4. The van der Waals surface area contributed by atoms with E-state index in [0.29, 0.717) is 5.56 Å². The average Bonchev–Trinajstić information content (AvgIpc) is 2.37. The van der Waals surface area contributed by atoms with E-state index in [-0.39, 0.29) is 18.7 Å². The van der Waals surface area contributed by atoms with Crippen molar-refractivity contribution in [2.75, 3.05) is 6.54 Å². The smallest absolute Gasteiger partial charge is 0.387 e. The molecule has 20 heavy (non-hydrogen) atoms. The van der Waals surface area contributed by atoms with Gasteiger partial charge in [0.2, 0.25) is 11.8 Å². The molecule has 0 aliphatic rings. The van der Waals surface area contributed by atoms with E-state index in [4.69, 9.17) is 10.8 Å². The standard InChI is InChI=1S/C12H14F2N2O4/c13-12(14)20-8-3-1-7(2-4-8)5-10(18)16-6-9(17)11(15)19/h1-4,9,12,17H,5-6H2,(H2,15,19)(H,16,18). The highest BCUT2D eigenvalue weighted by molar-refractivity contribution is 5.81. The Hall–Kier alpha value is -2.22. The molecular weight excluding hydrogens is 274 g/mol. The fourth-order valence-electron chi connectivity index (χ4n) is 1.35. The number of ether oxygens (including phenoxy) is 1. The van der Waals surface area contributed by atoms with Crippen molar-refractivity contribution in [2.45, 2.75) is 19.1 Å². The molecule has 2 amide bonds. The summed E-state index contributed by atoms with van der Waals surface area (Å²) in [4.78, 5) is 22.0. The van der Waals surface area contributed by atoms with Gasteiger partial charge in [0.25, 0.3) is 0 Å². The molecule has 0 aliphatic carbocycles. The van der Waals surface area contributed by atoms with Gasteiger partial charge in [-0.15, -0.1) is 0 Å². The van der Waals surface area contributed by atoms with Crippen LogP contribution in [0.3, 0.4) is 0 Å². The Labute approximate surface area is 113 Å². The van der Waals surface area contributed by atoms with Gasteiger partial charge in [-0.3, -0.25) is 9.59 Å². The van der Waals surface area contributed by atoms with Gasteiger partial charge in [0.15, 0.2) is 0 Å². The van der Waals surface area contributed by atoms with Crippen LogP contribution >= 0.6 is 0 Å². The molecule has 0 bridgehead atoms. The zero-order valence-corrected chi connectivity index (χ0v) is 10.4. The van der Waals surface area contributed by atoms with Crippen molar-refractivity contribution >= 4 is 11.8 Å². The lowest BCUT2D eigenvalue weighted by molar-refractivity contribution is -0.126. The zero-order valence-electron chi connectivity index (χ0n) is 10.4. The molecule has 6 nitrogen and oxygen atoms in total. The molecule has 1 aromatic carbocycles. The first-order valence-electron chi connectivity index (χ1n) is 5.66. The first-order valence-corrected chi connectivity index (χ1v) is 5.66. The van der Waals surface area contributed by atoms with Gasteiger partial charge in [0.1, 0.15) is 11.9 Å². The Bertz CT molecular complexity index is 465. The highest BCUT2D eigenvalue weighted by atomic mass is 19.3. The Kier molecular flexibility index (Phi) is 5.85. The van der Waals surface area contributed by atoms with Crippen molar-refractivity contribution in [2.24, 2.45) is 5.73 Å². The monoisotopic (exact) mass is 288 g/mol. The number of amides is 2. The number of nitrogens with two attached hydrogens (primary N) is 1. The van der Waals surface area contributed by atoms with Crippen LogP contribution in [0.15, 0.2) is 24.3 Å². The molecule has 0 radical (unpaired) electrons. The van der Waals surface area contributed by atoms with Crippen LogP contribution in [-0.4, -0.2) is 36.2 Å². The summed E-state index contributed by atoms with van der Waals surface area (Å²) in [5, 5.41) is 11.4. The molecule has 0 saturated carbocycles. The van der Waals surface area contributed by atoms with E-state index >= 15 is 0 Å². The normalized spacial score (nSPS) is 12.0. The summed E-state index contributed by atoms with van der Waals surface area (Å²) in [6.45, 7) is -3.18. The molecule has 0 fully saturated rings. The maximum atomic E-state index is 11.9. The number of benzene rings is 1. The number of primary amides is 1. The van der Waals surface area contributed by atoms with E-state index in [1.807, 2.05) is 0 Å². The summed E-state index contributed by atoms with van der Waals surface area (Å²) in [7, 11) is 0. The van der Waals surface area contributed by atoms with Crippen molar-refractivity contribution in [1.82, 2.24) is 5.32 Å². The summed E-state index contributed by atoms with van der Waals surface area (Å²) in [5.41, 5.74) is 5.38. The molecule has 1 atom stereocenters. The summed E-state index contributed by atoms with van der Waals surface area (Å²) < 4.78 is 28.0. The lowest BCUT2D eigenvalue weighted by Gasteiger charge is -2.09. The highest BCUT2D eigenvalue weighted by Crippen LogP contribution is 2.15. The predicted molar refractivity (Wildman–Crippen MR) is 65.0 cm³/mol. The minimum absolute atomic E-state index is 0.00620. The van der Waals surface area contributed by atoms with Crippen LogP contribution in [0, 0.1) is 0 Å². The third-order valence-electron chi connectivity index (χ3n) is 2.33. The maximum absolute atomic E-state index is 11.9. The predicted octanol–water partition coefficient (Wildman–Crippen LogP) is -0.207. The van der Waals surface area contributed by atoms with E-state index < -0.39 is 24.5 Å². The minimum atomic E-state index is -2.90. The molecule has 1 unspecified atom stereocenters. The molecule has 1 rings (SSSR count). The summed E-state index contributed by atoms with van der Waals surface area (Å²) >= 11 is 0. The molecule has 0 spiro atoms. The summed E-state index contributed by atoms with van der Waals surface area (Å²) in [6, 6.07) is 5.55. The van der Waals surface area contributed by atoms with Crippen LogP contribution in [0.5, 0.6) is 5.75 Å². The Morgan fingerprint density at radius 1 is 1.30 bits per heavy atom. The topological polar surface area (TPSA) is 102 Å². The third kappa shape index (κ3) is 5.61. The maximum Gasteiger partial charge on any atom is 0.387 e. The zero-order chi connectivity index (χ0) is 15.1. The van der Waals surface area contributed by atoms with E-state index in [1.165, 1.54) is 24.3 Å². The second kappa shape index (κ2) is 7.39. The lowest BCUT2D eigenvalue weighted by Crippen LogP contribution is -2.40. The number of halogens is 2. The van der Waals surface area contributed by atoms with Gasteiger partial charge < -0.3 is 20.9 Å². The van der Waals surface area contributed by atoms with E-state index in [2.05, 4.69) is 10.1 Å².